The van der Waals surface area contributed by atoms with Gasteiger partial charge in [0.2, 0.25) is 5.95 Å². The Kier molecular flexibility index (Phi) is 6.00. The lowest BCUT2D eigenvalue weighted by atomic mass is 9.97. The minimum Gasteiger partial charge on any atom is -0.491 e. The minimum absolute atomic E-state index is 0.279. The summed E-state index contributed by atoms with van der Waals surface area (Å²) >= 11 is 6.06. The van der Waals surface area contributed by atoms with Crippen LogP contribution in [0.4, 0.5) is 17.5 Å². The van der Waals surface area contributed by atoms with Gasteiger partial charge in [-0.3, -0.25) is 0 Å². The summed E-state index contributed by atoms with van der Waals surface area (Å²) < 4.78 is 8.08. The van der Waals surface area contributed by atoms with Crippen LogP contribution in [0.2, 0.25) is 5.15 Å². The van der Waals surface area contributed by atoms with Crippen molar-refractivity contribution in [2.75, 3.05) is 23.8 Å². The molecule has 178 valence electrons. The van der Waals surface area contributed by atoms with E-state index in [2.05, 4.69) is 45.9 Å². The molecule has 35 heavy (non-hydrogen) atoms. The van der Waals surface area contributed by atoms with Gasteiger partial charge in [0.1, 0.15) is 23.0 Å². The molecule has 0 saturated heterocycles. The Morgan fingerprint density at radius 1 is 1.03 bits per heavy atom. The maximum atomic E-state index is 6.20. The summed E-state index contributed by atoms with van der Waals surface area (Å²) in [6.07, 6.45) is 8.61. The number of rotatable bonds is 2. The third-order valence-electron chi connectivity index (χ3n) is 6.67. The molecule has 1 atom stereocenters. The zero-order valence-corrected chi connectivity index (χ0v) is 20.1. The van der Waals surface area contributed by atoms with E-state index in [0.717, 1.165) is 67.3 Å². The average molecular weight is 487 g/mol. The van der Waals surface area contributed by atoms with Gasteiger partial charge in [-0.2, -0.15) is 4.98 Å². The highest BCUT2D eigenvalue weighted by molar-refractivity contribution is 6.29. The van der Waals surface area contributed by atoms with Crippen molar-refractivity contribution >= 4 is 29.1 Å². The summed E-state index contributed by atoms with van der Waals surface area (Å²) in [6.45, 7) is 1.53. The van der Waals surface area contributed by atoms with Gasteiger partial charge in [-0.05, 0) is 49.8 Å². The van der Waals surface area contributed by atoms with Crippen LogP contribution in [-0.4, -0.2) is 32.7 Å². The van der Waals surface area contributed by atoms with Crippen molar-refractivity contribution in [1.82, 2.24) is 19.5 Å². The molecule has 8 heteroatoms. The van der Waals surface area contributed by atoms with Gasteiger partial charge in [-0.25, -0.2) is 9.97 Å². The van der Waals surface area contributed by atoms with Crippen LogP contribution in [0.15, 0.2) is 61.1 Å². The summed E-state index contributed by atoms with van der Waals surface area (Å²) in [5.41, 5.74) is 5.42. The van der Waals surface area contributed by atoms with Crippen LogP contribution in [0, 0.1) is 0 Å². The number of benzene rings is 2. The Morgan fingerprint density at radius 3 is 2.80 bits per heavy atom. The second kappa shape index (κ2) is 9.58. The van der Waals surface area contributed by atoms with E-state index in [1.807, 2.05) is 22.8 Å². The maximum absolute atomic E-state index is 6.20. The SMILES string of the molecule is Clc1cn(-c2ccc3cc2OCCCCCNc2nc(nc4c2CCC4c2ccccc2)N3)cn1. The molecule has 2 aromatic heterocycles. The number of halogens is 1. The zero-order chi connectivity index (χ0) is 23.6. The molecular formula is C27H27ClN6O. The molecule has 1 aliphatic carbocycles. The lowest BCUT2D eigenvalue weighted by Crippen LogP contribution is -2.12. The Hall–Kier alpha value is -3.58. The summed E-state index contributed by atoms with van der Waals surface area (Å²) in [5.74, 6) is 2.59. The Morgan fingerprint density at radius 2 is 1.94 bits per heavy atom. The Balaban J connectivity index is 1.39. The molecule has 0 amide bonds. The highest BCUT2D eigenvalue weighted by Gasteiger charge is 2.29. The van der Waals surface area contributed by atoms with Crippen LogP contribution >= 0.6 is 11.6 Å². The molecule has 1 aliphatic heterocycles. The molecule has 3 heterocycles. The lowest BCUT2D eigenvalue weighted by molar-refractivity contribution is 0.305. The van der Waals surface area contributed by atoms with E-state index < -0.39 is 0 Å². The first-order valence-corrected chi connectivity index (χ1v) is 12.6. The molecular weight excluding hydrogens is 460 g/mol. The number of imidazole rings is 1. The van der Waals surface area contributed by atoms with Crippen molar-refractivity contribution in [3.05, 3.63) is 83.0 Å². The largest absolute Gasteiger partial charge is 0.491 e. The number of fused-ring (bicyclic) bond motifs is 6. The highest BCUT2D eigenvalue weighted by atomic mass is 35.5. The average Bonchev–Trinajstić information content (AvgIpc) is 3.50. The normalized spacial score (nSPS) is 17.5. The number of hydrogen-bond donors (Lipinski definition) is 2. The second-order valence-corrected chi connectivity index (χ2v) is 9.40. The molecule has 4 aromatic rings. The van der Waals surface area contributed by atoms with Crippen molar-refractivity contribution in [1.29, 1.82) is 0 Å². The third kappa shape index (κ3) is 4.56. The van der Waals surface area contributed by atoms with Gasteiger partial charge in [-0.1, -0.05) is 41.9 Å². The quantitative estimate of drug-likeness (QED) is 0.356. The molecule has 0 saturated carbocycles. The molecule has 1 unspecified atom stereocenters. The van der Waals surface area contributed by atoms with E-state index in [-0.39, 0.29) is 5.92 Å². The fraction of sp³-hybridized carbons (Fsp3) is 0.296. The van der Waals surface area contributed by atoms with Crippen molar-refractivity contribution in [3.8, 4) is 11.4 Å². The van der Waals surface area contributed by atoms with Gasteiger partial charge in [0.15, 0.2) is 0 Å². The van der Waals surface area contributed by atoms with Gasteiger partial charge in [0.25, 0.3) is 0 Å². The first-order chi connectivity index (χ1) is 17.2. The van der Waals surface area contributed by atoms with E-state index in [4.69, 9.17) is 26.3 Å². The van der Waals surface area contributed by atoms with Gasteiger partial charge in [0, 0.05) is 36.0 Å². The van der Waals surface area contributed by atoms with Crippen LogP contribution < -0.4 is 15.4 Å². The van der Waals surface area contributed by atoms with Crippen LogP contribution in [-0.2, 0) is 6.42 Å². The van der Waals surface area contributed by atoms with E-state index in [1.54, 1.807) is 12.5 Å². The third-order valence-corrected chi connectivity index (χ3v) is 6.87. The fourth-order valence-corrected chi connectivity index (χ4v) is 5.10. The molecule has 7 nitrogen and oxygen atoms in total. The summed E-state index contributed by atoms with van der Waals surface area (Å²) in [6, 6.07) is 16.6. The maximum Gasteiger partial charge on any atom is 0.229 e. The van der Waals surface area contributed by atoms with Crippen molar-refractivity contribution in [3.63, 3.8) is 0 Å². The first-order valence-electron chi connectivity index (χ1n) is 12.2. The summed E-state index contributed by atoms with van der Waals surface area (Å²) in [5, 5.41) is 7.47. The molecule has 0 spiro atoms. The molecule has 4 bridgehead atoms. The fourth-order valence-electron chi connectivity index (χ4n) is 4.95. The van der Waals surface area contributed by atoms with E-state index in [1.165, 1.54) is 11.1 Å². The number of anilines is 3. The van der Waals surface area contributed by atoms with Gasteiger partial charge < -0.3 is 19.9 Å². The molecule has 2 aromatic carbocycles. The number of nitrogens with zero attached hydrogens (tertiary/aromatic N) is 4. The molecule has 0 fully saturated rings. The standard InChI is InChI=1S/C27H27ClN6O/c28-24-16-34(17-30-24)22-12-9-19-15-23(22)35-14-6-2-5-13-29-26-21-11-10-20(18-7-3-1-4-8-18)25(21)32-27(31-19)33-26/h1,3-4,7-9,12,15-17,20H,2,5-6,10-11,13-14H2,(H2,29,31,32,33). The van der Waals surface area contributed by atoms with Crippen LogP contribution in [0.25, 0.3) is 5.69 Å². The van der Waals surface area contributed by atoms with Gasteiger partial charge >= 0.3 is 0 Å². The molecule has 6 rings (SSSR count). The van der Waals surface area contributed by atoms with Crippen molar-refractivity contribution < 1.29 is 4.74 Å². The monoisotopic (exact) mass is 486 g/mol. The number of ether oxygens (including phenoxy) is 1. The van der Waals surface area contributed by atoms with Crippen LogP contribution in [0.1, 0.15) is 48.4 Å². The Bertz CT molecular complexity index is 1340. The number of nitrogens with one attached hydrogen (secondary N) is 2. The highest BCUT2D eigenvalue weighted by Crippen LogP contribution is 2.40. The number of hydrogen-bond acceptors (Lipinski definition) is 6. The predicted octanol–water partition coefficient (Wildman–Crippen LogP) is 6.11. The summed E-state index contributed by atoms with van der Waals surface area (Å²) in [7, 11) is 0. The molecule has 0 radical (unpaired) electrons. The van der Waals surface area contributed by atoms with E-state index >= 15 is 0 Å². The van der Waals surface area contributed by atoms with Gasteiger partial charge in [-0.15, -0.1) is 0 Å². The van der Waals surface area contributed by atoms with Crippen LogP contribution in [0.3, 0.4) is 0 Å². The number of aromatic nitrogens is 4. The van der Waals surface area contributed by atoms with E-state index in [9.17, 15) is 0 Å². The van der Waals surface area contributed by atoms with Gasteiger partial charge in [0.05, 0.1) is 18.0 Å². The second-order valence-electron chi connectivity index (χ2n) is 9.01. The van der Waals surface area contributed by atoms with Crippen molar-refractivity contribution in [2.24, 2.45) is 0 Å². The smallest absolute Gasteiger partial charge is 0.229 e. The lowest BCUT2D eigenvalue weighted by Gasteiger charge is -2.18. The van der Waals surface area contributed by atoms with E-state index in [0.29, 0.717) is 17.7 Å². The molecule has 2 N–H and O–H groups in total. The minimum atomic E-state index is 0.279. The first kappa shape index (κ1) is 21.9. The Labute approximate surface area is 209 Å². The zero-order valence-electron chi connectivity index (χ0n) is 19.4. The molecule has 2 aliphatic rings. The van der Waals surface area contributed by atoms with Crippen LogP contribution in [0.5, 0.6) is 5.75 Å². The van der Waals surface area contributed by atoms with Crippen molar-refractivity contribution in [2.45, 2.75) is 38.0 Å². The topological polar surface area (TPSA) is 76.9 Å². The predicted molar refractivity (Wildman–Crippen MR) is 138 cm³/mol. The summed E-state index contributed by atoms with van der Waals surface area (Å²) in [4.78, 5) is 14.1.